The molecule has 0 aliphatic rings. The van der Waals surface area contributed by atoms with Crippen molar-refractivity contribution in [2.75, 3.05) is 52.1 Å². The van der Waals surface area contributed by atoms with E-state index in [-0.39, 0.29) is 5.97 Å². The Bertz CT molecular complexity index is 386. The summed E-state index contributed by atoms with van der Waals surface area (Å²) in [6, 6.07) is 0. The Morgan fingerprint density at radius 3 is 1.36 bits per heavy atom. The Hall–Kier alpha value is -0.360. The van der Waals surface area contributed by atoms with E-state index in [1.807, 2.05) is 0 Å². The number of carbonyl (C=O) groups excluding carboxylic acids is 1. The van der Waals surface area contributed by atoms with Crippen molar-refractivity contribution in [3.05, 3.63) is 0 Å². The zero-order valence-electron chi connectivity index (χ0n) is 23.7. The van der Waals surface area contributed by atoms with E-state index in [0.29, 0.717) is 46.1 Å². The van der Waals surface area contributed by atoms with Crippen molar-refractivity contribution in [2.24, 2.45) is 0 Å². The number of hydrogen-bond donors (Lipinski definition) is 0. The van der Waals surface area contributed by atoms with Crippen molar-refractivity contribution < 1.29 is 23.7 Å². The van der Waals surface area contributed by atoms with Gasteiger partial charge in [-0.05, 0) is 19.3 Å². The van der Waals surface area contributed by atoms with Crippen LogP contribution in [0.15, 0.2) is 0 Å². The number of rotatable bonds is 31. The summed E-state index contributed by atoms with van der Waals surface area (Å²) in [5.74, 6) is 0.642. The molecule has 0 radical (unpaired) electrons. The van der Waals surface area contributed by atoms with Gasteiger partial charge in [0.05, 0.1) is 33.0 Å². The van der Waals surface area contributed by atoms with Crippen molar-refractivity contribution in [2.45, 2.75) is 135 Å². The van der Waals surface area contributed by atoms with Crippen LogP contribution in [0.25, 0.3) is 0 Å². The number of halogens is 1. The molecule has 0 aromatic heterocycles. The first-order valence-electron chi connectivity index (χ1n) is 15.3. The second-order valence-corrected chi connectivity index (χ2v) is 10.2. The summed E-state index contributed by atoms with van der Waals surface area (Å²) >= 11 is 5.65. The maximum absolute atomic E-state index is 11.8. The summed E-state index contributed by atoms with van der Waals surface area (Å²) in [6.45, 7) is 6.05. The van der Waals surface area contributed by atoms with E-state index in [0.717, 1.165) is 38.2 Å². The molecule has 0 saturated carbocycles. The third-order valence-electron chi connectivity index (χ3n) is 6.39. The largest absolute Gasteiger partial charge is 0.463 e. The Labute approximate surface area is 228 Å². The number of unbranched alkanes of at least 4 members (excludes halogenated alkanes) is 17. The fourth-order valence-electron chi connectivity index (χ4n) is 4.12. The normalized spacial score (nSPS) is 11.3. The highest BCUT2D eigenvalue weighted by atomic mass is 35.5. The van der Waals surface area contributed by atoms with Gasteiger partial charge in [0.1, 0.15) is 6.61 Å². The molecule has 0 atom stereocenters. The Morgan fingerprint density at radius 1 is 0.472 bits per heavy atom. The van der Waals surface area contributed by atoms with Crippen LogP contribution >= 0.6 is 11.6 Å². The molecule has 0 aliphatic heterocycles. The van der Waals surface area contributed by atoms with Gasteiger partial charge in [-0.25, -0.2) is 0 Å². The lowest BCUT2D eigenvalue weighted by atomic mass is 10.0. The fraction of sp³-hybridized carbons (Fsp3) is 0.967. The molecule has 0 bridgehead atoms. The zero-order valence-corrected chi connectivity index (χ0v) is 24.5. The van der Waals surface area contributed by atoms with Gasteiger partial charge in [-0.1, -0.05) is 110 Å². The van der Waals surface area contributed by atoms with Crippen LogP contribution in [0.2, 0.25) is 0 Å². The summed E-state index contributed by atoms with van der Waals surface area (Å²) in [5, 5.41) is 0. The third-order valence-corrected chi connectivity index (χ3v) is 6.66. The number of ether oxygens (including phenoxy) is 4. The molecule has 0 spiro atoms. The highest BCUT2D eigenvalue weighted by molar-refractivity contribution is 6.17. The summed E-state index contributed by atoms with van der Waals surface area (Å²) in [6.07, 6.45) is 25.0. The molecule has 0 saturated heterocycles. The number of esters is 1. The Morgan fingerprint density at radius 2 is 0.861 bits per heavy atom. The second-order valence-electron chi connectivity index (χ2n) is 9.86. The zero-order chi connectivity index (χ0) is 26.2. The molecular formula is C30H59ClO5. The minimum absolute atomic E-state index is 0.107. The molecule has 36 heavy (non-hydrogen) atoms. The van der Waals surface area contributed by atoms with Crippen LogP contribution in [0, 0.1) is 0 Å². The molecule has 0 aromatic carbocycles. The monoisotopic (exact) mass is 534 g/mol. The average molecular weight is 535 g/mol. The van der Waals surface area contributed by atoms with E-state index >= 15 is 0 Å². The lowest BCUT2D eigenvalue weighted by Gasteiger charge is -2.08. The molecule has 216 valence electrons. The number of carbonyl (C=O) groups is 1. The molecule has 0 amide bonds. The molecule has 0 heterocycles. The fourth-order valence-corrected chi connectivity index (χ4v) is 4.31. The first-order valence-corrected chi connectivity index (χ1v) is 15.8. The van der Waals surface area contributed by atoms with Crippen molar-refractivity contribution in [1.82, 2.24) is 0 Å². The van der Waals surface area contributed by atoms with E-state index in [4.69, 9.17) is 30.5 Å². The van der Waals surface area contributed by atoms with Crippen LogP contribution in [0.3, 0.4) is 0 Å². The predicted molar refractivity (Wildman–Crippen MR) is 152 cm³/mol. The molecule has 5 nitrogen and oxygen atoms in total. The maximum atomic E-state index is 11.8. The number of alkyl halides is 1. The Balaban J connectivity index is 3.14. The first kappa shape index (κ1) is 35.6. The van der Waals surface area contributed by atoms with Crippen molar-refractivity contribution in [1.29, 1.82) is 0 Å². The number of hydrogen-bond acceptors (Lipinski definition) is 5. The van der Waals surface area contributed by atoms with Gasteiger partial charge in [-0.2, -0.15) is 0 Å². The Kier molecular flexibility index (Phi) is 32.3. The van der Waals surface area contributed by atoms with Gasteiger partial charge in [0, 0.05) is 18.9 Å². The van der Waals surface area contributed by atoms with Crippen molar-refractivity contribution >= 4 is 17.6 Å². The summed E-state index contributed by atoms with van der Waals surface area (Å²) in [4.78, 5) is 11.8. The van der Waals surface area contributed by atoms with E-state index in [1.54, 1.807) is 0 Å². The summed E-state index contributed by atoms with van der Waals surface area (Å²) in [5.41, 5.74) is 0. The minimum Gasteiger partial charge on any atom is -0.463 e. The third kappa shape index (κ3) is 31.7. The molecule has 0 fully saturated rings. The highest BCUT2D eigenvalue weighted by Gasteiger charge is 2.03. The first-order chi connectivity index (χ1) is 17.8. The van der Waals surface area contributed by atoms with Crippen LogP contribution in [0.4, 0.5) is 0 Å². The standard InChI is InChI=1S/C30H59ClO5/c1-2-3-4-5-6-7-8-9-10-11-12-13-14-15-18-21-30(32)36-29-28-35-27-26-34-25-24-33-23-20-17-16-19-22-31/h2-29H2,1H3. The molecule has 0 N–H and O–H groups in total. The molecule has 6 heteroatoms. The highest BCUT2D eigenvalue weighted by Crippen LogP contribution is 2.13. The van der Waals surface area contributed by atoms with E-state index in [2.05, 4.69) is 6.92 Å². The van der Waals surface area contributed by atoms with Gasteiger partial charge in [0.2, 0.25) is 0 Å². The van der Waals surface area contributed by atoms with Gasteiger partial charge in [-0.15, -0.1) is 11.6 Å². The van der Waals surface area contributed by atoms with Gasteiger partial charge in [-0.3, -0.25) is 4.79 Å². The van der Waals surface area contributed by atoms with Gasteiger partial charge in [0.25, 0.3) is 0 Å². The smallest absolute Gasteiger partial charge is 0.305 e. The van der Waals surface area contributed by atoms with E-state index < -0.39 is 0 Å². The van der Waals surface area contributed by atoms with Crippen LogP contribution in [0.1, 0.15) is 135 Å². The lowest BCUT2D eigenvalue weighted by Crippen LogP contribution is -2.14. The van der Waals surface area contributed by atoms with Crippen LogP contribution in [-0.2, 0) is 23.7 Å². The topological polar surface area (TPSA) is 54.0 Å². The van der Waals surface area contributed by atoms with E-state index in [9.17, 15) is 4.79 Å². The van der Waals surface area contributed by atoms with Gasteiger partial charge >= 0.3 is 5.97 Å². The average Bonchev–Trinajstić information content (AvgIpc) is 2.88. The van der Waals surface area contributed by atoms with Crippen LogP contribution in [0.5, 0.6) is 0 Å². The minimum atomic E-state index is -0.107. The van der Waals surface area contributed by atoms with Crippen LogP contribution in [-0.4, -0.2) is 58.1 Å². The van der Waals surface area contributed by atoms with Crippen molar-refractivity contribution in [3.63, 3.8) is 0 Å². The summed E-state index contributed by atoms with van der Waals surface area (Å²) < 4.78 is 21.7. The van der Waals surface area contributed by atoms with Gasteiger partial charge < -0.3 is 18.9 Å². The van der Waals surface area contributed by atoms with Crippen molar-refractivity contribution in [3.8, 4) is 0 Å². The lowest BCUT2D eigenvalue weighted by molar-refractivity contribution is -0.145. The molecular weight excluding hydrogens is 476 g/mol. The van der Waals surface area contributed by atoms with Gasteiger partial charge in [0.15, 0.2) is 0 Å². The second kappa shape index (κ2) is 32.7. The molecule has 0 rings (SSSR count). The molecule has 0 unspecified atom stereocenters. The quantitative estimate of drug-likeness (QED) is 0.0506. The molecule has 0 aliphatic carbocycles. The summed E-state index contributed by atoms with van der Waals surface area (Å²) in [7, 11) is 0. The SMILES string of the molecule is CCCCCCCCCCCCCCCCCC(=O)OCCOCCOCCOCCCCCCCl. The van der Waals surface area contributed by atoms with E-state index in [1.165, 1.54) is 96.3 Å². The maximum Gasteiger partial charge on any atom is 0.305 e. The molecule has 0 aromatic rings. The predicted octanol–water partition coefficient (Wildman–Crippen LogP) is 8.64. The van der Waals surface area contributed by atoms with Crippen LogP contribution < -0.4 is 0 Å².